The molecule has 1 unspecified atom stereocenters. The highest BCUT2D eigenvalue weighted by Crippen LogP contribution is 2.25. The maximum absolute atomic E-state index is 13.8. The number of hydrogen-bond donors (Lipinski definition) is 3. The number of aromatic nitrogens is 1. The topological polar surface area (TPSA) is 80.0 Å². The van der Waals surface area contributed by atoms with Gasteiger partial charge in [-0.25, -0.2) is 9.37 Å². The van der Waals surface area contributed by atoms with Crippen molar-refractivity contribution in [1.29, 1.82) is 0 Å². The molecule has 1 atom stereocenters. The Kier molecular flexibility index (Phi) is 6.09. The van der Waals surface area contributed by atoms with Crippen LogP contribution in [-0.4, -0.2) is 23.6 Å². The van der Waals surface area contributed by atoms with Gasteiger partial charge in [-0.3, -0.25) is 4.79 Å². The Morgan fingerprint density at radius 2 is 2.12 bits per heavy atom. The number of nitrogens with one attached hydrogen (secondary N) is 2. The molecule has 0 aliphatic carbocycles. The lowest BCUT2D eigenvalue weighted by Gasteiger charge is -2.15. The van der Waals surface area contributed by atoms with Crippen LogP contribution in [0.25, 0.3) is 10.9 Å². The zero-order valence-electron chi connectivity index (χ0n) is 14.4. The summed E-state index contributed by atoms with van der Waals surface area (Å²) < 4.78 is 13.8. The van der Waals surface area contributed by atoms with Crippen molar-refractivity contribution in [1.82, 2.24) is 10.3 Å². The van der Waals surface area contributed by atoms with Crippen molar-refractivity contribution in [3.63, 3.8) is 0 Å². The molecule has 2 rings (SSSR count). The molecule has 0 spiro atoms. The molecule has 4 N–H and O–H groups in total. The van der Waals surface area contributed by atoms with Crippen LogP contribution in [0.5, 0.6) is 0 Å². The highest BCUT2D eigenvalue weighted by molar-refractivity contribution is 6.02. The number of amides is 1. The van der Waals surface area contributed by atoms with E-state index in [0.717, 1.165) is 24.6 Å². The summed E-state index contributed by atoms with van der Waals surface area (Å²) in [6.07, 6.45) is 2.72. The summed E-state index contributed by atoms with van der Waals surface area (Å²) in [5, 5.41) is 6.61. The average Bonchev–Trinajstić information content (AvgIpc) is 2.54. The fourth-order valence-electron chi connectivity index (χ4n) is 2.53. The van der Waals surface area contributed by atoms with Crippen LogP contribution >= 0.6 is 0 Å². The largest absolute Gasteiger partial charge is 0.369 e. The van der Waals surface area contributed by atoms with Crippen molar-refractivity contribution in [2.24, 2.45) is 5.73 Å². The van der Waals surface area contributed by atoms with Gasteiger partial charge in [-0.15, -0.1) is 0 Å². The number of carbonyl (C=O) groups excluding carboxylic acids is 1. The summed E-state index contributed by atoms with van der Waals surface area (Å²) in [5.74, 6) is -0.135. The summed E-state index contributed by atoms with van der Waals surface area (Å²) >= 11 is 0. The molecule has 24 heavy (non-hydrogen) atoms. The fraction of sp³-hybridized carbons (Fsp3) is 0.444. The Bertz CT molecular complexity index is 731. The van der Waals surface area contributed by atoms with E-state index in [1.807, 2.05) is 0 Å². The molecule has 0 fully saturated rings. The molecule has 5 nitrogen and oxygen atoms in total. The average molecular weight is 332 g/mol. The van der Waals surface area contributed by atoms with Gasteiger partial charge >= 0.3 is 0 Å². The number of benzene rings is 1. The van der Waals surface area contributed by atoms with Gasteiger partial charge in [0.25, 0.3) is 5.91 Å². The number of hydrogen-bond acceptors (Lipinski definition) is 4. The first kappa shape index (κ1) is 18.1. The Morgan fingerprint density at radius 1 is 1.38 bits per heavy atom. The Morgan fingerprint density at radius 3 is 2.79 bits per heavy atom. The van der Waals surface area contributed by atoms with Crippen molar-refractivity contribution in [2.45, 2.75) is 46.2 Å². The van der Waals surface area contributed by atoms with Crippen molar-refractivity contribution < 1.29 is 9.18 Å². The van der Waals surface area contributed by atoms with Gasteiger partial charge in [-0.05, 0) is 38.5 Å². The minimum absolute atomic E-state index is 0.292. The lowest BCUT2D eigenvalue weighted by Crippen LogP contribution is -2.39. The molecule has 0 radical (unpaired) electrons. The van der Waals surface area contributed by atoms with E-state index >= 15 is 0 Å². The number of nitrogens with zero attached hydrogens (tertiary/aromatic N) is 1. The molecule has 6 heteroatoms. The molecule has 0 saturated heterocycles. The first-order valence-corrected chi connectivity index (χ1v) is 8.34. The molecule has 1 aromatic carbocycles. The molecular formula is C18H25FN4O. The van der Waals surface area contributed by atoms with Gasteiger partial charge in [-0.2, -0.15) is 0 Å². The van der Waals surface area contributed by atoms with Crippen LogP contribution in [0.2, 0.25) is 0 Å². The van der Waals surface area contributed by atoms with Crippen LogP contribution in [0.1, 0.15) is 49.0 Å². The molecule has 130 valence electrons. The highest BCUT2D eigenvalue weighted by atomic mass is 19.1. The Balaban J connectivity index is 2.43. The molecule has 0 aliphatic rings. The summed E-state index contributed by atoms with van der Waals surface area (Å²) in [4.78, 5) is 16.9. The van der Waals surface area contributed by atoms with Crippen molar-refractivity contribution in [3.8, 4) is 0 Å². The number of aryl methyl sites for hydroxylation is 1. The van der Waals surface area contributed by atoms with Crippen LogP contribution in [-0.2, 0) is 0 Å². The Hall–Kier alpha value is -2.21. The normalized spacial score (nSPS) is 12.2. The maximum atomic E-state index is 13.8. The molecule has 1 heterocycles. The SMILES string of the molecule is CCCCCNc1nc2c(C)c(F)ccc2cc1C(=O)NC(C)N. The van der Waals surface area contributed by atoms with Gasteiger partial charge in [-0.1, -0.05) is 19.8 Å². The summed E-state index contributed by atoms with van der Waals surface area (Å²) in [7, 11) is 0. The summed E-state index contributed by atoms with van der Waals surface area (Å²) in [6, 6.07) is 4.75. The summed E-state index contributed by atoms with van der Waals surface area (Å²) in [5.41, 5.74) is 7.11. The number of carbonyl (C=O) groups is 1. The number of nitrogens with two attached hydrogens (primary N) is 1. The molecule has 0 bridgehead atoms. The van der Waals surface area contributed by atoms with Crippen molar-refractivity contribution in [2.75, 3.05) is 11.9 Å². The molecule has 0 aliphatic heterocycles. The van der Waals surface area contributed by atoms with Gasteiger partial charge in [0, 0.05) is 17.5 Å². The van der Waals surface area contributed by atoms with E-state index in [0.29, 0.717) is 29.0 Å². The quantitative estimate of drug-likeness (QED) is 0.537. The van der Waals surface area contributed by atoms with Crippen LogP contribution in [0.3, 0.4) is 0 Å². The van der Waals surface area contributed by atoms with Crippen LogP contribution in [0, 0.1) is 12.7 Å². The predicted molar refractivity (Wildman–Crippen MR) is 95.6 cm³/mol. The number of pyridine rings is 1. The standard InChI is InChI=1S/C18H25FN4O/c1-4-5-6-9-21-17-14(18(24)22-12(3)20)10-13-7-8-15(19)11(2)16(13)23-17/h7-8,10,12H,4-6,9,20H2,1-3H3,(H,21,23)(H,22,24). The number of unbranched alkanes of at least 4 members (excludes halogenated alkanes) is 2. The highest BCUT2D eigenvalue weighted by Gasteiger charge is 2.17. The van der Waals surface area contributed by atoms with Crippen LogP contribution < -0.4 is 16.4 Å². The molecule has 1 aromatic heterocycles. The van der Waals surface area contributed by atoms with Crippen molar-refractivity contribution in [3.05, 3.63) is 35.1 Å². The first-order valence-electron chi connectivity index (χ1n) is 8.34. The zero-order valence-corrected chi connectivity index (χ0v) is 14.4. The van der Waals surface area contributed by atoms with Gasteiger partial charge in [0.05, 0.1) is 17.2 Å². The van der Waals surface area contributed by atoms with Gasteiger partial charge in [0.1, 0.15) is 11.6 Å². The second-order valence-corrected chi connectivity index (χ2v) is 6.02. The number of anilines is 1. The smallest absolute Gasteiger partial charge is 0.256 e. The lowest BCUT2D eigenvalue weighted by molar-refractivity contribution is 0.0942. The third kappa shape index (κ3) is 4.20. The number of rotatable bonds is 7. The Labute approximate surface area is 141 Å². The van der Waals surface area contributed by atoms with Gasteiger partial charge in [0.2, 0.25) is 0 Å². The van der Waals surface area contributed by atoms with E-state index in [-0.39, 0.29) is 11.7 Å². The predicted octanol–water partition coefficient (Wildman–Crippen LogP) is 3.32. The molecule has 0 saturated carbocycles. The first-order chi connectivity index (χ1) is 11.4. The maximum Gasteiger partial charge on any atom is 0.256 e. The van der Waals surface area contributed by atoms with Gasteiger partial charge in [0.15, 0.2) is 0 Å². The molecular weight excluding hydrogens is 307 g/mol. The summed E-state index contributed by atoms with van der Waals surface area (Å²) in [6.45, 7) is 6.22. The van der Waals surface area contributed by atoms with Crippen LogP contribution in [0.4, 0.5) is 10.2 Å². The minimum Gasteiger partial charge on any atom is -0.369 e. The molecule has 2 aromatic rings. The van der Waals surface area contributed by atoms with Gasteiger partial charge < -0.3 is 16.4 Å². The number of fused-ring (bicyclic) bond motifs is 1. The van der Waals surface area contributed by atoms with E-state index < -0.39 is 6.17 Å². The third-order valence-electron chi connectivity index (χ3n) is 3.85. The number of halogens is 1. The second-order valence-electron chi connectivity index (χ2n) is 6.02. The molecule has 1 amide bonds. The lowest BCUT2D eigenvalue weighted by atomic mass is 10.1. The second kappa shape index (κ2) is 8.06. The fourth-order valence-corrected chi connectivity index (χ4v) is 2.53. The van der Waals surface area contributed by atoms with E-state index in [1.54, 1.807) is 26.0 Å². The van der Waals surface area contributed by atoms with E-state index in [9.17, 15) is 9.18 Å². The monoisotopic (exact) mass is 332 g/mol. The van der Waals surface area contributed by atoms with Crippen molar-refractivity contribution >= 4 is 22.6 Å². The van der Waals surface area contributed by atoms with E-state index in [2.05, 4.69) is 22.5 Å². The zero-order chi connectivity index (χ0) is 17.7. The van der Waals surface area contributed by atoms with E-state index in [1.165, 1.54) is 6.07 Å². The third-order valence-corrected chi connectivity index (χ3v) is 3.85. The minimum atomic E-state index is -0.462. The van der Waals surface area contributed by atoms with E-state index in [4.69, 9.17) is 5.73 Å². The van der Waals surface area contributed by atoms with Crippen LogP contribution in [0.15, 0.2) is 18.2 Å².